The van der Waals surface area contributed by atoms with E-state index in [1.807, 2.05) is 122 Å². The van der Waals surface area contributed by atoms with Crippen molar-refractivity contribution in [1.29, 1.82) is 0 Å². The van der Waals surface area contributed by atoms with Gasteiger partial charge in [-0.15, -0.1) is 0 Å². The maximum Gasteiger partial charge on any atom is 0.119 e. The standard InChI is InChI=1S/C10H14O.C9H12O.C9H12.3C2H6.CH4/c1-9(2)8-11-10-6-4-3-5-7-10;1-8(2)10-9-6-4-3-5-7-9;1-8(2)9-6-4-3-5-7-9;3*1-2;/h3-7,9H,8H2,1-2H3;3-8H,1-2H3;3-8H,1-2H3;3*1-2H3;1H4. The second-order valence-corrected chi connectivity index (χ2v) is 8.06. The van der Waals surface area contributed by atoms with Crippen molar-refractivity contribution in [2.45, 2.75) is 103 Å². The van der Waals surface area contributed by atoms with Crippen molar-refractivity contribution in [1.82, 2.24) is 0 Å². The molecule has 0 bridgehead atoms. The summed E-state index contributed by atoms with van der Waals surface area (Å²) in [6.07, 6.45) is 0.266. The highest BCUT2D eigenvalue weighted by molar-refractivity contribution is 5.21. The minimum atomic E-state index is 0. The van der Waals surface area contributed by atoms with Crippen LogP contribution in [0, 0.1) is 5.92 Å². The third-order valence-corrected chi connectivity index (χ3v) is 3.91. The molecule has 0 aromatic heterocycles. The molecule has 0 amide bonds. The summed E-state index contributed by atoms with van der Waals surface area (Å²) in [5.74, 6) is 3.15. The summed E-state index contributed by atoms with van der Waals surface area (Å²) in [5.41, 5.74) is 1.41. The van der Waals surface area contributed by atoms with E-state index in [1.165, 1.54) is 5.56 Å². The lowest BCUT2D eigenvalue weighted by Crippen LogP contribution is -2.04. The number of hydrogen-bond donors (Lipinski definition) is 0. The molecular formula is C35H60O2. The van der Waals surface area contributed by atoms with Gasteiger partial charge in [0, 0.05) is 0 Å². The Morgan fingerprint density at radius 1 is 0.514 bits per heavy atom. The van der Waals surface area contributed by atoms with Gasteiger partial charge in [0.1, 0.15) is 11.5 Å². The van der Waals surface area contributed by atoms with Crippen LogP contribution in [0.1, 0.15) is 102 Å². The zero-order valence-corrected chi connectivity index (χ0v) is 25.4. The van der Waals surface area contributed by atoms with Gasteiger partial charge in [0.05, 0.1) is 12.7 Å². The number of benzene rings is 3. The molecule has 3 aromatic rings. The topological polar surface area (TPSA) is 18.5 Å². The largest absolute Gasteiger partial charge is 0.493 e. The minimum Gasteiger partial charge on any atom is -0.493 e. The van der Waals surface area contributed by atoms with Crippen LogP contribution in [-0.4, -0.2) is 12.7 Å². The monoisotopic (exact) mass is 512 g/mol. The molecule has 0 aliphatic heterocycles. The van der Waals surface area contributed by atoms with Gasteiger partial charge in [-0.05, 0) is 55.5 Å². The number of para-hydroxylation sites is 2. The SMILES string of the molecule is C.CC.CC.CC.CC(C)COc1ccccc1.CC(C)Oc1ccccc1.CC(C)c1ccccc1. The number of ether oxygens (including phenoxy) is 2. The molecule has 0 aliphatic rings. The third-order valence-electron chi connectivity index (χ3n) is 3.91. The van der Waals surface area contributed by atoms with Gasteiger partial charge in [0.15, 0.2) is 0 Å². The molecule has 212 valence electrons. The molecule has 0 aliphatic carbocycles. The number of hydrogen-bond acceptors (Lipinski definition) is 2. The van der Waals surface area contributed by atoms with Crippen LogP contribution >= 0.6 is 0 Å². The molecule has 0 radical (unpaired) electrons. The third kappa shape index (κ3) is 27.7. The highest BCUT2D eigenvalue weighted by Gasteiger charge is 1.95. The molecule has 0 unspecified atom stereocenters. The van der Waals surface area contributed by atoms with Gasteiger partial charge < -0.3 is 9.47 Å². The van der Waals surface area contributed by atoms with E-state index in [2.05, 4.69) is 52.0 Å². The Morgan fingerprint density at radius 3 is 1.16 bits per heavy atom. The lowest BCUT2D eigenvalue weighted by Gasteiger charge is -2.07. The molecule has 3 aromatic carbocycles. The van der Waals surface area contributed by atoms with Crippen LogP contribution < -0.4 is 9.47 Å². The van der Waals surface area contributed by atoms with E-state index < -0.39 is 0 Å². The molecule has 0 spiro atoms. The zero-order chi connectivity index (χ0) is 28.2. The zero-order valence-electron chi connectivity index (χ0n) is 25.4. The summed E-state index contributed by atoms with van der Waals surface area (Å²) in [4.78, 5) is 0. The van der Waals surface area contributed by atoms with Crippen molar-refractivity contribution in [3.63, 3.8) is 0 Å². The Bertz CT molecular complexity index is 751. The second-order valence-electron chi connectivity index (χ2n) is 8.06. The molecule has 0 heterocycles. The minimum absolute atomic E-state index is 0. The quantitative estimate of drug-likeness (QED) is 0.327. The average Bonchev–Trinajstić information content (AvgIpc) is 2.93. The van der Waals surface area contributed by atoms with E-state index in [1.54, 1.807) is 0 Å². The predicted octanol–water partition coefficient (Wildman–Crippen LogP) is 11.7. The van der Waals surface area contributed by atoms with Crippen LogP contribution in [0.4, 0.5) is 0 Å². The van der Waals surface area contributed by atoms with Gasteiger partial charge in [-0.1, -0.05) is 143 Å². The Hall–Kier alpha value is -2.74. The Kier molecular flexibility index (Phi) is 35.0. The molecule has 0 fully saturated rings. The average molecular weight is 513 g/mol. The Morgan fingerprint density at radius 2 is 0.865 bits per heavy atom. The van der Waals surface area contributed by atoms with Gasteiger partial charge in [-0.25, -0.2) is 0 Å². The van der Waals surface area contributed by atoms with E-state index in [0.717, 1.165) is 18.1 Å². The fourth-order valence-electron chi connectivity index (χ4n) is 2.39. The van der Waals surface area contributed by atoms with Crippen LogP contribution in [-0.2, 0) is 0 Å². The van der Waals surface area contributed by atoms with Gasteiger partial charge >= 0.3 is 0 Å². The summed E-state index contributed by atoms with van der Waals surface area (Å²) >= 11 is 0. The molecule has 0 atom stereocenters. The molecule has 3 rings (SSSR count). The summed E-state index contributed by atoms with van der Waals surface area (Å²) < 4.78 is 10.9. The lowest BCUT2D eigenvalue weighted by molar-refractivity contribution is 0.242. The van der Waals surface area contributed by atoms with Gasteiger partial charge in [0.25, 0.3) is 0 Å². The second kappa shape index (κ2) is 31.3. The van der Waals surface area contributed by atoms with Crippen molar-refractivity contribution in [2.75, 3.05) is 6.61 Å². The van der Waals surface area contributed by atoms with Gasteiger partial charge in [-0.2, -0.15) is 0 Å². The van der Waals surface area contributed by atoms with Crippen molar-refractivity contribution in [2.24, 2.45) is 5.92 Å². The summed E-state index contributed by atoms with van der Waals surface area (Å²) in [5, 5.41) is 0. The normalized spacial score (nSPS) is 8.62. The highest BCUT2D eigenvalue weighted by atomic mass is 16.5. The first-order valence-electron chi connectivity index (χ1n) is 13.8. The maximum atomic E-state index is 5.47. The summed E-state index contributed by atoms with van der Waals surface area (Å²) in [6.45, 7) is 25.5. The van der Waals surface area contributed by atoms with Crippen molar-refractivity contribution in [3.05, 3.63) is 96.6 Å². The van der Waals surface area contributed by atoms with Crippen molar-refractivity contribution in [3.8, 4) is 11.5 Å². The summed E-state index contributed by atoms with van der Waals surface area (Å²) in [6, 6.07) is 30.3. The molecule has 2 nitrogen and oxygen atoms in total. The molecular weight excluding hydrogens is 452 g/mol. The van der Waals surface area contributed by atoms with E-state index in [0.29, 0.717) is 11.8 Å². The molecule has 2 heteroatoms. The van der Waals surface area contributed by atoms with Crippen LogP contribution in [0.5, 0.6) is 11.5 Å². The van der Waals surface area contributed by atoms with Gasteiger partial charge in [0.2, 0.25) is 0 Å². The first-order chi connectivity index (χ1) is 17.4. The smallest absolute Gasteiger partial charge is 0.119 e. The first kappa shape index (κ1) is 41.4. The van der Waals surface area contributed by atoms with E-state index in [-0.39, 0.29) is 13.5 Å². The highest BCUT2D eigenvalue weighted by Crippen LogP contribution is 2.12. The van der Waals surface area contributed by atoms with E-state index >= 15 is 0 Å². The Balaban J connectivity index is -0.000000198. The maximum absolute atomic E-state index is 5.47. The van der Waals surface area contributed by atoms with Crippen molar-refractivity contribution >= 4 is 0 Å². The van der Waals surface area contributed by atoms with E-state index in [4.69, 9.17) is 9.47 Å². The Labute approximate surface area is 232 Å². The van der Waals surface area contributed by atoms with Gasteiger partial charge in [-0.3, -0.25) is 0 Å². The lowest BCUT2D eigenvalue weighted by atomic mass is 10.0. The van der Waals surface area contributed by atoms with Crippen LogP contribution in [0.3, 0.4) is 0 Å². The van der Waals surface area contributed by atoms with Crippen LogP contribution in [0.2, 0.25) is 0 Å². The van der Waals surface area contributed by atoms with Crippen molar-refractivity contribution < 1.29 is 9.47 Å². The first-order valence-corrected chi connectivity index (χ1v) is 13.8. The fraction of sp³-hybridized carbons (Fsp3) is 0.486. The molecule has 0 saturated carbocycles. The fourth-order valence-corrected chi connectivity index (χ4v) is 2.39. The molecule has 0 saturated heterocycles. The van der Waals surface area contributed by atoms with Crippen LogP contribution in [0.25, 0.3) is 0 Å². The molecule has 0 N–H and O–H groups in total. The van der Waals surface area contributed by atoms with Crippen LogP contribution in [0.15, 0.2) is 91.0 Å². The number of rotatable bonds is 6. The molecule has 37 heavy (non-hydrogen) atoms. The predicted molar refractivity (Wildman–Crippen MR) is 170 cm³/mol. The summed E-state index contributed by atoms with van der Waals surface area (Å²) in [7, 11) is 0. The van der Waals surface area contributed by atoms with E-state index in [9.17, 15) is 0 Å².